The number of anilines is 2. The molecule has 0 fully saturated rings. The van der Waals surface area contributed by atoms with Gasteiger partial charge in [0.1, 0.15) is 17.0 Å². The molecule has 0 aliphatic heterocycles. The van der Waals surface area contributed by atoms with Crippen LogP contribution in [0.4, 0.5) is 25.4 Å². The summed E-state index contributed by atoms with van der Waals surface area (Å²) < 4.78 is 25.4. The van der Waals surface area contributed by atoms with Gasteiger partial charge in [-0.25, -0.2) is 14.0 Å². The van der Waals surface area contributed by atoms with Gasteiger partial charge in [-0.3, -0.25) is 30.2 Å². The molecule has 0 atom stereocenters. The van der Waals surface area contributed by atoms with Crippen molar-refractivity contribution < 1.29 is 33.0 Å². The first-order valence-electron chi connectivity index (χ1n) is 16.0. The first-order chi connectivity index (χ1) is 23.9. The molecule has 15 heteroatoms. The SMILES string of the molecule is CN=C(NCc1ccc(NC(=O)c2ccc(C(=O)Nc3ccc(CNC(=NC)NC(=O)OC(C)(C)C)cc3)c(F)c2)cc1)NC(=O)OC(C)(C)C. The Hall–Kier alpha value is -5.99. The van der Waals surface area contributed by atoms with Crippen molar-refractivity contribution >= 4 is 47.3 Å². The maximum atomic E-state index is 15.0. The highest BCUT2D eigenvalue weighted by Crippen LogP contribution is 2.17. The molecule has 0 aromatic heterocycles. The Morgan fingerprint density at radius 2 is 1.04 bits per heavy atom. The minimum absolute atomic E-state index is 0.0276. The topological polar surface area (TPSA) is 184 Å². The van der Waals surface area contributed by atoms with Crippen molar-refractivity contribution in [2.45, 2.75) is 65.8 Å². The van der Waals surface area contributed by atoms with Gasteiger partial charge in [0.2, 0.25) is 11.9 Å². The molecule has 3 aromatic carbocycles. The summed E-state index contributed by atoms with van der Waals surface area (Å²) in [4.78, 5) is 57.7. The summed E-state index contributed by atoms with van der Waals surface area (Å²) in [5.41, 5.74) is 1.04. The Labute approximate surface area is 296 Å². The molecule has 272 valence electrons. The Balaban J connectivity index is 1.50. The van der Waals surface area contributed by atoms with E-state index in [2.05, 4.69) is 41.9 Å². The van der Waals surface area contributed by atoms with Crippen molar-refractivity contribution in [3.8, 4) is 0 Å². The first kappa shape index (κ1) is 39.4. The Kier molecular flexibility index (Phi) is 13.6. The third kappa shape index (κ3) is 13.8. The van der Waals surface area contributed by atoms with Crippen LogP contribution in [0.5, 0.6) is 0 Å². The zero-order valence-electron chi connectivity index (χ0n) is 30.0. The third-order valence-corrected chi connectivity index (χ3v) is 6.51. The van der Waals surface area contributed by atoms with E-state index >= 15 is 0 Å². The highest BCUT2D eigenvalue weighted by molar-refractivity contribution is 6.07. The van der Waals surface area contributed by atoms with Crippen LogP contribution >= 0.6 is 0 Å². The number of guanidine groups is 2. The number of hydrogen-bond acceptors (Lipinski definition) is 8. The first-order valence-corrected chi connectivity index (χ1v) is 16.0. The summed E-state index contributed by atoms with van der Waals surface area (Å²) in [7, 11) is 3.04. The van der Waals surface area contributed by atoms with Gasteiger partial charge in [0.05, 0.1) is 5.56 Å². The van der Waals surface area contributed by atoms with Crippen molar-refractivity contribution in [1.82, 2.24) is 21.3 Å². The monoisotopic (exact) mass is 704 g/mol. The quantitative estimate of drug-likeness (QED) is 0.131. The van der Waals surface area contributed by atoms with Gasteiger partial charge in [-0.1, -0.05) is 24.3 Å². The van der Waals surface area contributed by atoms with Crippen LogP contribution in [-0.2, 0) is 22.6 Å². The molecule has 3 rings (SSSR count). The van der Waals surface area contributed by atoms with Crippen molar-refractivity contribution in [2.24, 2.45) is 9.98 Å². The number of alkyl carbamates (subject to hydrolysis) is 2. The number of aliphatic imine (C=N–C) groups is 2. The second-order valence-corrected chi connectivity index (χ2v) is 13.1. The van der Waals surface area contributed by atoms with E-state index in [4.69, 9.17) is 9.47 Å². The van der Waals surface area contributed by atoms with Crippen LogP contribution in [0.15, 0.2) is 76.7 Å². The van der Waals surface area contributed by atoms with Crippen LogP contribution in [0.25, 0.3) is 0 Å². The smallest absolute Gasteiger partial charge is 0.414 e. The molecule has 0 saturated carbocycles. The number of halogens is 1. The number of carbonyl (C=O) groups is 4. The molecule has 0 saturated heterocycles. The zero-order chi connectivity index (χ0) is 37.8. The van der Waals surface area contributed by atoms with E-state index in [0.29, 0.717) is 24.5 Å². The summed E-state index contributed by atoms with van der Waals surface area (Å²) in [5, 5.41) is 16.4. The van der Waals surface area contributed by atoms with Crippen LogP contribution in [0.1, 0.15) is 73.4 Å². The molecule has 0 aliphatic rings. The van der Waals surface area contributed by atoms with Crippen molar-refractivity contribution in [3.63, 3.8) is 0 Å². The standard InChI is InChI=1S/C36H45FN8O6/c1-35(2,3)50-33(48)44-31(38-7)40-20-22-9-14-25(15-10-22)42-29(46)24-13-18-27(28(37)19-24)30(47)43-26-16-11-23(12-17-26)21-41-32(39-8)45-34(49)51-36(4,5)6/h9-19H,20-21H2,1-8H3,(H,42,46)(H,43,47)(H2,38,40,44,48)(H2,39,41,45,49). The van der Waals surface area contributed by atoms with E-state index in [1.807, 2.05) is 0 Å². The molecule has 3 aromatic rings. The van der Waals surface area contributed by atoms with Gasteiger partial charge in [0.25, 0.3) is 11.8 Å². The van der Waals surface area contributed by atoms with Crippen LogP contribution in [-0.4, -0.2) is 61.2 Å². The maximum Gasteiger partial charge on any atom is 0.414 e. The molecule has 0 spiro atoms. The molecule has 51 heavy (non-hydrogen) atoms. The predicted octanol–water partition coefficient (Wildman–Crippen LogP) is 5.53. The number of ether oxygens (including phenoxy) is 2. The van der Waals surface area contributed by atoms with Crippen LogP contribution in [0.3, 0.4) is 0 Å². The van der Waals surface area contributed by atoms with E-state index in [-0.39, 0.29) is 23.0 Å². The van der Waals surface area contributed by atoms with E-state index < -0.39 is 41.0 Å². The highest BCUT2D eigenvalue weighted by atomic mass is 19.1. The molecule has 0 bridgehead atoms. The van der Waals surface area contributed by atoms with Gasteiger partial charge in [0.15, 0.2) is 0 Å². The number of amides is 4. The molecule has 0 heterocycles. The molecule has 0 radical (unpaired) electrons. The third-order valence-electron chi connectivity index (χ3n) is 6.51. The molecule has 14 nitrogen and oxygen atoms in total. The number of benzene rings is 3. The Bertz CT molecular complexity index is 1760. The lowest BCUT2D eigenvalue weighted by Gasteiger charge is -2.20. The van der Waals surface area contributed by atoms with E-state index in [1.165, 1.54) is 26.2 Å². The number of rotatable bonds is 8. The average Bonchev–Trinajstić information content (AvgIpc) is 3.04. The normalized spacial score (nSPS) is 11.9. The average molecular weight is 705 g/mol. The summed E-state index contributed by atoms with van der Waals surface area (Å²) in [6.07, 6.45) is -1.27. The number of hydrogen-bond donors (Lipinski definition) is 6. The number of carbonyl (C=O) groups excluding carboxylic acids is 4. The van der Waals surface area contributed by atoms with E-state index in [1.54, 1.807) is 90.1 Å². The lowest BCUT2D eigenvalue weighted by molar-refractivity contribution is 0.0549. The van der Waals surface area contributed by atoms with Crippen molar-refractivity contribution in [2.75, 3.05) is 24.7 Å². The largest absolute Gasteiger partial charge is 0.444 e. The van der Waals surface area contributed by atoms with E-state index in [0.717, 1.165) is 17.2 Å². The van der Waals surface area contributed by atoms with Crippen molar-refractivity contribution in [3.05, 3.63) is 94.8 Å². The second kappa shape index (κ2) is 17.6. The number of nitrogens with one attached hydrogen (secondary N) is 6. The van der Waals surface area contributed by atoms with Crippen LogP contribution in [0, 0.1) is 5.82 Å². The molecule has 6 N–H and O–H groups in total. The Morgan fingerprint density at radius 3 is 1.41 bits per heavy atom. The minimum Gasteiger partial charge on any atom is -0.444 e. The minimum atomic E-state index is -0.861. The maximum absolute atomic E-state index is 15.0. The van der Waals surface area contributed by atoms with Crippen LogP contribution in [0.2, 0.25) is 0 Å². The summed E-state index contributed by atoms with van der Waals surface area (Å²) >= 11 is 0. The fourth-order valence-corrected chi connectivity index (χ4v) is 4.18. The van der Waals surface area contributed by atoms with E-state index in [9.17, 15) is 23.6 Å². The summed E-state index contributed by atoms with van der Waals surface area (Å²) in [6, 6.07) is 17.3. The van der Waals surface area contributed by atoms with Gasteiger partial charge in [-0.2, -0.15) is 0 Å². The lowest BCUT2D eigenvalue weighted by Crippen LogP contribution is -2.43. The van der Waals surface area contributed by atoms with Gasteiger partial charge >= 0.3 is 12.2 Å². The molecule has 0 unspecified atom stereocenters. The van der Waals surface area contributed by atoms with Gasteiger partial charge in [-0.05, 0) is 95.1 Å². The van der Waals surface area contributed by atoms with Gasteiger partial charge in [-0.15, -0.1) is 0 Å². The lowest BCUT2D eigenvalue weighted by atomic mass is 10.1. The number of nitrogens with zero attached hydrogens (tertiary/aromatic N) is 2. The molecule has 4 amide bonds. The molecule has 0 aliphatic carbocycles. The van der Waals surface area contributed by atoms with Gasteiger partial charge in [0, 0.05) is 44.1 Å². The predicted molar refractivity (Wildman–Crippen MR) is 194 cm³/mol. The molecular formula is C36H45FN8O6. The zero-order valence-corrected chi connectivity index (χ0v) is 30.0. The van der Waals surface area contributed by atoms with Gasteiger partial charge < -0.3 is 30.7 Å². The van der Waals surface area contributed by atoms with Crippen molar-refractivity contribution in [1.29, 1.82) is 0 Å². The fraction of sp³-hybridized carbons (Fsp3) is 0.333. The summed E-state index contributed by atoms with van der Waals surface area (Å²) in [5.74, 6) is -1.65. The molecular weight excluding hydrogens is 659 g/mol. The second-order valence-electron chi connectivity index (χ2n) is 13.1. The Morgan fingerprint density at radius 1 is 0.627 bits per heavy atom. The van der Waals surface area contributed by atoms with Crippen LogP contribution < -0.4 is 31.9 Å². The highest BCUT2D eigenvalue weighted by Gasteiger charge is 2.19. The summed E-state index contributed by atoms with van der Waals surface area (Å²) in [6.45, 7) is 11.2. The fourth-order valence-electron chi connectivity index (χ4n) is 4.18.